The minimum Gasteiger partial charge on any atom is -0.336 e. The van der Waals surface area contributed by atoms with Crippen LogP contribution in [0.2, 0.25) is 5.02 Å². The summed E-state index contributed by atoms with van der Waals surface area (Å²) in [5.74, 6) is -0.194. The van der Waals surface area contributed by atoms with Crippen LogP contribution in [0.3, 0.4) is 0 Å². The molecule has 1 aromatic heterocycles. The lowest BCUT2D eigenvalue weighted by Gasteiger charge is -2.14. The van der Waals surface area contributed by atoms with Gasteiger partial charge in [-0.1, -0.05) is 23.7 Å². The Balaban J connectivity index is 1.75. The van der Waals surface area contributed by atoms with Crippen molar-refractivity contribution in [2.45, 2.75) is 40.2 Å². The number of nitrogens with one attached hydrogen (secondary N) is 3. The number of carbonyl (C=O) groups excluding carboxylic acids is 2. The Kier molecular flexibility index (Phi) is 6.97. The van der Waals surface area contributed by atoms with Crippen molar-refractivity contribution in [3.63, 3.8) is 0 Å². The number of aromatic nitrogens is 2. The van der Waals surface area contributed by atoms with Gasteiger partial charge in [0, 0.05) is 22.3 Å². The molecule has 3 aromatic rings. The Labute approximate surface area is 186 Å². The third-order valence-electron chi connectivity index (χ3n) is 4.72. The van der Waals surface area contributed by atoms with E-state index in [-0.39, 0.29) is 24.4 Å². The molecule has 1 heterocycles. The summed E-state index contributed by atoms with van der Waals surface area (Å²) in [5, 5.41) is 13.7. The molecule has 3 N–H and O–H groups in total. The van der Waals surface area contributed by atoms with Crippen molar-refractivity contribution >= 4 is 34.9 Å². The highest BCUT2D eigenvalue weighted by molar-refractivity contribution is 6.30. The van der Waals surface area contributed by atoms with Crippen molar-refractivity contribution in [1.82, 2.24) is 15.1 Å². The third kappa shape index (κ3) is 5.64. The minimum absolute atomic E-state index is 0.00452. The van der Waals surface area contributed by atoms with E-state index in [2.05, 4.69) is 21.0 Å². The molecule has 2 aromatic carbocycles. The molecule has 0 aliphatic rings. The van der Waals surface area contributed by atoms with Crippen LogP contribution in [0.15, 0.2) is 48.5 Å². The van der Waals surface area contributed by atoms with Crippen molar-refractivity contribution in [2.75, 3.05) is 10.6 Å². The maximum atomic E-state index is 12.8. The number of hydrogen-bond acceptors (Lipinski definition) is 3. The summed E-state index contributed by atoms with van der Waals surface area (Å²) in [4.78, 5) is 24.8. The quantitative estimate of drug-likeness (QED) is 0.512. The van der Waals surface area contributed by atoms with Crippen LogP contribution < -0.4 is 16.0 Å². The van der Waals surface area contributed by atoms with E-state index >= 15 is 0 Å². The smallest absolute Gasteiger partial charge is 0.319 e. The number of anilines is 2. The standard InChI is InChI=1S/C23H26ClN5O2/c1-14(2)25-23(31)27-21-8-6-5-7-20(21)26-22(30)13-19-15(3)28-29(16(19)4)18-11-9-17(24)10-12-18/h5-12,14H,13H2,1-4H3,(H,26,30)(H2,25,27,31). The predicted molar refractivity (Wildman–Crippen MR) is 124 cm³/mol. The number of hydrogen-bond donors (Lipinski definition) is 3. The van der Waals surface area contributed by atoms with Crippen LogP contribution in [0, 0.1) is 13.8 Å². The van der Waals surface area contributed by atoms with Gasteiger partial charge in [0.15, 0.2) is 0 Å². The number of para-hydroxylation sites is 2. The van der Waals surface area contributed by atoms with Gasteiger partial charge in [-0.25, -0.2) is 9.48 Å². The Morgan fingerprint density at radius 2 is 1.61 bits per heavy atom. The second kappa shape index (κ2) is 9.66. The molecule has 0 saturated carbocycles. The molecular weight excluding hydrogens is 414 g/mol. The molecule has 0 bridgehead atoms. The molecule has 0 aliphatic carbocycles. The highest BCUT2D eigenvalue weighted by atomic mass is 35.5. The van der Waals surface area contributed by atoms with Crippen LogP contribution in [-0.4, -0.2) is 27.8 Å². The molecule has 0 radical (unpaired) electrons. The van der Waals surface area contributed by atoms with E-state index in [1.807, 2.05) is 39.8 Å². The van der Waals surface area contributed by atoms with Gasteiger partial charge in [-0.2, -0.15) is 5.10 Å². The number of urea groups is 1. The van der Waals surface area contributed by atoms with Gasteiger partial charge in [0.2, 0.25) is 5.91 Å². The first-order valence-corrected chi connectivity index (χ1v) is 10.4. The molecule has 0 unspecified atom stereocenters. The number of benzene rings is 2. The van der Waals surface area contributed by atoms with Gasteiger partial charge in [-0.15, -0.1) is 0 Å². The lowest BCUT2D eigenvalue weighted by Crippen LogP contribution is -2.34. The van der Waals surface area contributed by atoms with E-state index in [1.165, 1.54) is 0 Å². The zero-order valence-electron chi connectivity index (χ0n) is 18.0. The molecule has 0 fully saturated rings. The number of amides is 3. The zero-order chi connectivity index (χ0) is 22.5. The van der Waals surface area contributed by atoms with Gasteiger partial charge in [0.25, 0.3) is 0 Å². The molecule has 0 saturated heterocycles. The largest absolute Gasteiger partial charge is 0.336 e. The summed E-state index contributed by atoms with van der Waals surface area (Å²) in [6, 6.07) is 14.1. The van der Waals surface area contributed by atoms with E-state index in [0.29, 0.717) is 16.4 Å². The van der Waals surface area contributed by atoms with Crippen molar-refractivity contribution in [2.24, 2.45) is 0 Å². The molecule has 162 valence electrons. The van der Waals surface area contributed by atoms with Gasteiger partial charge in [0.1, 0.15) is 0 Å². The van der Waals surface area contributed by atoms with Gasteiger partial charge >= 0.3 is 6.03 Å². The number of nitrogens with zero attached hydrogens (tertiary/aromatic N) is 2. The van der Waals surface area contributed by atoms with E-state index < -0.39 is 0 Å². The van der Waals surface area contributed by atoms with Crippen molar-refractivity contribution < 1.29 is 9.59 Å². The molecule has 0 spiro atoms. The monoisotopic (exact) mass is 439 g/mol. The van der Waals surface area contributed by atoms with Crippen LogP contribution in [0.4, 0.5) is 16.2 Å². The summed E-state index contributed by atoms with van der Waals surface area (Å²) in [7, 11) is 0. The molecule has 3 rings (SSSR count). The fourth-order valence-corrected chi connectivity index (χ4v) is 3.37. The number of halogens is 1. The third-order valence-corrected chi connectivity index (χ3v) is 4.97. The molecule has 8 heteroatoms. The van der Waals surface area contributed by atoms with Gasteiger partial charge < -0.3 is 16.0 Å². The van der Waals surface area contributed by atoms with Crippen molar-refractivity contribution in [3.8, 4) is 5.69 Å². The van der Waals surface area contributed by atoms with Gasteiger partial charge in [-0.3, -0.25) is 4.79 Å². The highest BCUT2D eigenvalue weighted by Gasteiger charge is 2.17. The first-order valence-electron chi connectivity index (χ1n) is 10.0. The molecule has 0 aliphatic heterocycles. The average molecular weight is 440 g/mol. The Bertz CT molecular complexity index is 1090. The van der Waals surface area contributed by atoms with Crippen LogP contribution in [0.5, 0.6) is 0 Å². The predicted octanol–water partition coefficient (Wildman–Crippen LogP) is 4.85. The van der Waals surface area contributed by atoms with Gasteiger partial charge in [-0.05, 0) is 64.1 Å². The van der Waals surface area contributed by atoms with Crippen molar-refractivity contribution in [3.05, 3.63) is 70.5 Å². The normalized spacial score (nSPS) is 10.8. The lowest BCUT2D eigenvalue weighted by atomic mass is 10.1. The van der Waals surface area contributed by atoms with E-state index in [0.717, 1.165) is 22.6 Å². The van der Waals surface area contributed by atoms with E-state index in [4.69, 9.17) is 11.6 Å². The van der Waals surface area contributed by atoms with Crippen LogP contribution in [-0.2, 0) is 11.2 Å². The second-order valence-corrected chi connectivity index (χ2v) is 8.00. The molecule has 31 heavy (non-hydrogen) atoms. The first-order chi connectivity index (χ1) is 14.7. The lowest BCUT2D eigenvalue weighted by molar-refractivity contribution is -0.115. The maximum Gasteiger partial charge on any atom is 0.319 e. The minimum atomic E-state index is -0.326. The maximum absolute atomic E-state index is 12.8. The number of carbonyl (C=O) groups is 2. The first kappa shape index (κ1) is 22.4. The SMILES string of the molecule is Cc1nn(-c2ccc(Cl)cc2)c(C)c1CC(=O)Nc1ccccc1NC(=O)NC(C)C. The Morgan fingerprint density at radius 3 is 2.23 bits per heavy atom. The summed E-state index contributed by atoms with van der Waals surface area (Å²) in [5.41, 5.74) is 4.46. The van der Waals surface area contributed by atoms with Gasteiger partial charge in [0.05, 0.1) is 29.2 Å². The van der Waals surface area contributed by atoms with Crippen molar-refractivity contribution in [1.29, 1.82) is 0 Å². The van der Waals surface area contributed by atoms with Crippen LogP contribution >= 0.6 is 11.6 Å². The summed E-state index contributed by atoms with van der Waals surface area (Å²) in [6.07, 6.45) is 0.164. The Hall–Kier alpha value is -3.32. The topological polar surface area (TPSA) is 88.1 Å². The Morgan fingerprint density at radius 1 is 1.00 bits per heavy atom. The summed E-state index contributed by atoms with van der Waals surface area (Å²) in [6.45, 7) is 7.57. The zero-order valence-corrected chi connectivity index (χ0v) is 18.7. The molecular formula is C23H26ClN5O2. The fraction of sp³-hybridized carbons (Fsp3) is 0.261. The van der Waals surface area contributed by atoms with E-state index in [1.54, 1.807) is 41.1 Å². The average Bonchev–Trinajstić information content (AvgIpc) is 2.97. The molecule has 7 nitrogen and oxygen atoms in total. The second-order valence-electron chi connectivity index (χ2n) is 7.56. The summed E-state index contributed by atoms with van der Waals surface area (Å²) >= 11 is 5.98. The highest BCUT2D eigenvalue weighted by Crippen LogP contribution is 2.23. The number of rotatable bonds is 6. The molecule has 3 amide bonds. The number of aryl methyl sites for hydroxylation is 1. The van der Waals surface area contributed by atoms with E-state index in [9.17, 15) is 9.59 Å². The molecule has 0 atom stereocenters. The fourth-order valence-electron chi connectivity index (χ4n) is 3.24. The summed E-state index contributed by atoms with van der Waals surface area (Å²) < 4.78 is 1.81. The van der Waals surface area contributed by atoms with Crippen LogP contribution in [0.25, 0.3) is 5.69 Å². The van der Waals surface area contributed by atoms with Crippen LogP contribution in [0.1, 0.15) is 30.8 Å².